The largest absolute Gasteiger partial charge is 0.376 e. The summed E-state index contributed by atoms with van der Waals surface area (Å²) in [5, 5.41) is 5.93. The maximum Gasteiger partial charge on any atom is 0.243 e. The summed E-state index contributed by atoms with van der Waals surface area (Å²) in [7, 11) is 0. The van der Waals surface area contributed by atoms with Crippen LogP contribution in [0, 0.1) is 0 Å². The minimum absolute atomic E-state index is 0.0683. The predicted molar refractivity (Wildman–Crippen MR) is 89.5 cm³/mol. The lowest BCUT2D eigenvalue weighted by molar-refractivity contribution is -0.114. The zero-order valence-corrected chi connectivity index (χ0v) is 13.4. The average molecular weight is 351 g/mol. The highest BCUT2D eigenvalue weighted by Crippen LogP contribution is 2.17. The minimum Gasteiger partial charge on any atom is -0.376 e. The Hall–Kier alpha value is -1.46. The predicted octanol–water partition coefficient (Wildman–Crippen LogP) is 4.22. The Morgan fingerprint density at radius 1 is 1.05 bits per heavy atom. The Kier molecular flexibility index (Phi) is 5.49. The van der Waals surface area contributed by atoms with Crippen LogP contribution in [-0.4, -0.2) is 18.7 Å². The van der Waals surface area contributed by atoms with Gasteiger partial charge < -0.3 is 10.6 Å². The van der Waals surface area contributed by atoms with E-state index in [0.717, 1.165) is 15.8 Å². The van der Waals surface area contributed by atoms with Crippen molar-refractivity contribution in [3.05, 3.63) is 53.0 Å². The molecule has 20 heavy (non-hydrogen) atoms. The monoisotopic (exact) mass is 350 g/mol. The fraction of sp³-hybridized carbons (Fsp3) is 0.133. The van der Waals surface area contributed by atoms with Crippen molar-refractivity contribution in [3.8, 4) is 0 Å². The van der Waals surface area contributed by atoms with Gasteiger partial charge in [0.1, 0.15) is 0 Å². The Bertz CT molecular complexity index is 569. The van der Waals surface area contributed by atoms with Crippen molar-refractivity contribution < 1.29 is 4.79 Å². The van der Waals surface area contributed by atoms with Crippen LogP contribution in [0.5, 0.6) is 0 Å². The van der Waals surface area contributed by atoms with Crippen LogP contribution in [0.4, 0.5) is 11.4 Å². The van der Waals surface area contributed by atoms with Crippen LogP contribution < -0.4 is 10.6 Å². The van der Waals surface area contributed by atoms with Crippen LogP contribution in [0.3, 0.4) is 0 Å². The van der Waals surface area contributed by atoms with Gasteiger partial charge in [-0.1, -0.05) is 15.9 Å². The van der Waals surface area contributed by atoms with E-state index in [9.17, 15) is 4.79 Å². The molecule has 0 aliphatic carbocycles. The van der Waals surface area contributed by atoms with E-state index in [-0.39, 0.29) is 12.5 Å². The van der Waals surface area contributed by atoms with Gasteiger partial charge in [-0.2, -0.15) is 0 Å². The third kappa shape index (κ3) is 4.58. The Morgan fingerprint density at radius 2 is 1.65 bits per heavy atom. The SMILES string of the molecule is CSc1ccc(NCC(=O)Nc2ccc(Br)cc2)cc1. The van der Waals surface area contributed by atoms with Crippen LogP contribution in [0.2, 0.25) is 0 Å². The third-order valence-electron chi connectivity index (χ3n) is 2.67. The summed E-state index contributed by atoms with van der Waals surface area (Å²) in [4.78, 5) is 13.0. The van der Waals surface area contributed by atoms with Crippen molar-refractivity contribution in [3.63, 3.8) is 0 Å². The van der Waals surface area contributed by atoms with E-state index in [4.69, 9.17) is 0 Å². The van der Waals surface area contributed by atoms with Gasteiger partial charge in [0, 0.05) is 20.7 Å². The van der Waals surface area contributed by atoms with E-state index in [2.05, 4.69) is 26.6 Å². The molecular weight excluding hydrogens is 336 g/mol. The molecule has 0 unspecified atom stereocenters. The summed E-state index contributed by atoms with van der Waals surface area (Å²) in [5.74, 6) is -0.0683. The Labute approximate surface area is 131 Å². The topological polar surface area (TPSA) is 41.1 Å². The molecule has 0 saturated carbocycles. The second-order valence-corrected chi connectivity index (χ2v) is 5.93. The minimum atomic E-state index is -0.0683. The lowest BCUT2D eigenvalue weighted by Gasteiger charge is -2.08. The molecule has 0 aliphatic heterocycles. The molecule has 2 aromatic rings. The first-order chi connectivity index (χ1) is 9.67. The molecule has 0 bridgehead atoms. The van der Waals surface area contributed by atoms with Crippen LogP contribution in [0.1, 0.15) is 0 Å². The summed E-state index contributed by atoms with van der Waals surface area (Å²) in [6.45, 7) is 0.245. The van der Waals surface area contributed by atoms with Crippen molar-refractivity contribution in [2.24, 2.45) is 0 Å². The van der Waals surface area contributed by atoms with Crippen LogP contribution in [0.25, 0.3) is 0 Å². The molecule has 0 fully saturated rings. The first-order valence-electron chi connectivity index (χ1n) is 6.11. The van der Waals surface area contributed by atoms with E-state index in [1.807, 2.05) is 54.8 Å². The number of hydrogen-bond donors (Lipinski definition) is 2. The van der Waals surface area contributed by atoms with Crippen LogP contribution in [-0.2, 0) is 4.79 Å². The molecule has 2 aromatic carbocycles. The van der Waals surface area contributed by atoms with Gasteiger partial charge in [-0.3, -0.25) is 4.79 Å². The summed E-state index contributed by atoms with van der Waals surface area (Å²) in [6.07, 6.45) is 2.04. The van der Waals surface area contributed by atoms with Crippen molar-refractivity contribution in [1.29, 1.82) is 0 Å². The number of amides is 1. The zero-order chi connectivity index (χ0) is 14.4. The highest BCUT2D eigenvalue weighted by atomic mass is 79.9. The molecule has 3 nitrogen and oxygen atoms in total. The number of carbonyl (C=O) groups excluding carboxylic acids is 1. The number of rotatable bonds is 5. The van der Waals surface area contributed by atoms with Gasteiger partial charge in [0.05, 0.1) is 6.54 Å². The smallest absolute Gasteiger partial charge is 0.243 e. The molecule has 0 heterocycles. The first kappa shape index (κ1) is 14.9. The molecule has 0 saturated heterocycles. The number of anilines is 2. The highest BCUT2D eigenvalue weighted by Gasteiger charge is 2.02. The van der Waals surface area contributed by atoms with Gasteiger partial charge in [-0.05, 0) is 54.8 Å². The molecule has 2 N–H and O–H groups in total. The molecule has 0 atom stereocenters. The van der Waals surface area contributed by atoms with Crippen molar-refractivity contribution in [2.75, 3.05) is 23.4 Å². The highest BCUT2D eigenvalue weighted by molar-refractivity contribution is 9.10. The van der Waals surface area contributed by atoms with Crippen molar-refractivity contribution in [1.82, 2.24) is 0 Å². The number of hydrogen-bond acceptors (Lipinski definition) is 3. The molecular formula is C15H15BrN2OS. The fourth-order valence-corrected chi connectivity index (χ4v) is 2.30. The number of benzene rings is 2. The van der Waals surface area contributed by atoms with Crippen molar-refractivity contribution >= 4 is 45.0 Å². The standard InChI is InChI=1S/C15H15BrN2OS/c1-20-14-8-6-12(7-9-14)17-10-15(19)18-13-4-2-11(16)3-5-13/h2-9,17H,10H2,1H3,(H,18,19). The Morgan fingerprint density at radius 3 is 2.25 bits per heavy atom. The molecule has 0 spiro atoms. The van der Waals surface area contributed by atoms with Gasteiger partial charge >= 0.3 is 0 Å². The van der Waals surface area contributed by atoms with E-state index in [0.29, 0.717) is 0 Å². The molecule has 2 rings (SSSR count). The molecule has 5 heteroatoms. The lowest BCUT2D eigenvalue weighted by atomic mass is 10.3. The third-order valence-corrected chi connectivity index (χ3v) is 3.94. The van der Waals surface area contributed by atoms with E-state index < -0.39 is 0 Å². The van der Waals surface area contributed by atoms with Gasteiger partial charge in [0.2, 0.25) is 5.91 Å². The molecule has 0 aromatic heterocycles. The summed E-state index contributed by atoms with van der Waals surface area (Å²) in [5.41, 5.74) is 1.73. The van der Waals surface area contributed by atoms with E-state index >= 15 is 0 Å². The van der Waals surface area contributed by atoms with E-state index in [1.54, 1.807) is 11.8 Å². The van der Waals surface area contributed by atoms with Crippen LogP contribution >= 0.6 is 27.7 Å². The molecule has 104 valence electrons. The van der Waals surface area contributed by atoms with Gasteiger partial charge in [0.25, 0.3) is 0 Å². The summed E-state index contributed by atoms with van der Waals surface area (Å²) in [6, 6.07) is 15.5. The number of thioether (sulfide) groups is 1. The zero-order valence-electron chi connectivity index (χ0n) is 11.0. The maximum absolute atomic E-state index is 11.8. The Balaban J connectivity index is 1.83. The lowest BCUT2D eigenvalue weighted by Crippen LogP contribution is -2.21. The van der Waals surface area contributed by atoms with E-state index in [1.165, 1.54) is 4.90 Å². The van der Waals surface area contributed by atoms with Gasteiger partial charge in [-0.25, -0.2) is 0 Å². The molecule has 0 aliphatic rings. The van der Waals surface area contributed by atoms with Crippen molar-refractivity contribution in [2.45, 2.75) is 4.90 Å². The molecule has 1 amide bonds. The molecule has 0 radical (unpaired) electrons. The van der Waals surface area contributed by atoms with Crippen LogP contribution in [0.15, 0.2) is 57.9 Å². The van der Waals surface area contributed by atoms with Gasteiger partial charge in [-0.15, -0.1) is 11.8 Å². The maximum atomic E-state index is 11.8. The fourth-order valence-electron chi connectivity index (χ4n) is 1.63. The normalized spacial score (nSPS) is 10.1. The van der Waals surface area contributed by atoms with Gasteiger partial charge in [0.15, 0.2) is 0 Å². The quantitative estimate of drug-likeness (QED) is 0.793. The second-order valence-electron chi connectivity index (χ2n) is 4.14. The summed E-state index contributed by atoms with van der Waals surface area (Å²) >= 11 is 5.05. The average Bonchev–Trinajstić information content (AvgIpc) is 2.48. The number of carbonyl (C=O) groups is 1. The number of nitrogens with one attached hydrogen (secondary N) is 2. The first-order valence-corrected chi connectivity index (χ1v) is 8.12. The number of halogens is 1. The summed E-state index contributed by atoms with van der Waals surface area (Å²) < 4.78 is 0.988. The second kappa shape index (κ2) is 7.36.